The summed E-state index contributed by atoms with van der Waals surface area (Å²) in [5, 5.41) is 0. The van der Waals surface area contributed by atoms with Crippen molar-refractivity contribution in [3.8, 4) is 5.75 Å². The summed E-state index contributed by atoms with van der Waals surface area (Å²) in [6, 6.07) is 13.5. The Morgan fingerprint density at radius 1 is 1.12 bits per heavy atom. The summed E-state index contributed by atoms with van der Waals surface area (Å²) in [4.78, 5) is 14.5. The van der Waals surface area contributed by atoms with E-state index in [1.165, 1.54) is 5.56 Å². The molecule has 4 heteroatoms. The van der Waals surface area contributed by atoms with Crippen LogP contribution in [0.5, 0.6) is 5.75 Å². The maximum absolute atomic E-state index is 12.8. The minimum absolute atomic E-state index is 0.117. The van der Waals surface area contributed by atoms with Gasteiger partial charge in [-0.15, -0.1) is 0 Å². The van der Waals surface area contributed by atoms with Crippen molar-refractivity contribution in [2.24, 2.45) is 0 Å². The first-order chi connectivity index (χ1) is 11.6. The molecule has 0 fully saturated rings. The van der Waals surface area contributed by atoms with Crippen LogP contribution < -0.4 is 15.4 Å². The van der Waals surface area contributed by atoms with Crippen LogP contribution >= 0.6 is 0 Å². The van der Waals surface area contributed by atoms with Crippen molar-refractivity contribution in [3.63, 3.8) is 0 Å². The average molecular weight is 322 g/mol. The van der Waals surface area contributed by atoms with E-state index in [4.69, 9.17) is 10.5 Å². The highest BCUT2D eigenvalue weighted by atomic mass is 16.5. The Kier molecular flexibility index (Phi) is 4.56. The molecule has 0 spiro atoms. The minimum Gasteiger partial charge on any atom is -0.449 e. The van der Waals surface area contributed by atoms with Crippen LogP contribution in [0.4, 0.5) is 11.4 Å². The van der Waals surface area contributed by atoms with Gasteiger partial charge in [-0.1, -0.05) is 38.1 Å². The van der Waals surface area contributed by atoms with Gasteiger partial charge in [-0.2, -0.15) is 0 Å². The number of hydrogen-bond acceptors (Lipinski definition) is 3. The molecule has 1 heterocycles. The Morgan fingerprint density at radius 3 is 2.54 bits per heavy atom. The molecule has 0 unspecified atom stereocenters. The zero-order valence-electron chi connectivity index (χ0n) is 14.1. The predicted molar refractivity (Wildman–Crippen MR) is 97.9 cm³/mol. The van der Waals surface area contributed by atoms with Gasteiger partial charge in [-0.25, -0.2) is 0 Å². The first-order valence-electron chi connectivity index (χ1n) is 8.32. The number of carbonyl (C=O) groups excluding carboxylic acids is 1. The van der Waals surface area contributed by atoms with Gasteiger partial charge in [0.05, 0.1) is 5.69 Å². The second kappa shape index (κ2) is 6.79. The molecule has 3 rings (SSSR count). The van der Waals surface area contributed by atoms with Gasteiger partial charge in [0.1, 0.15) is 0 Å². The summed E-state index contributed by atoms with van der Waals surface area (Å²) in [7, 11) is 0. The largest absolute Gasteiger partial charge is 0.449 e. The fourth-order valence-corrected chi connectivity index (χ4v) is 2.78. The van der Waals surface area contributed by atoms with Gasteiger partial charge in [-0.3, -0.25) is 4.79 Å². The highest BCUT2D eigenvalue weighted by molar-refractivity contribution is 6.10. The molecule has 0 radical (unpaired) electrons. The molecule has 1 amide bonds. The molecule has 1 aliphatic rings. The maximum atomic E-state index is 12.8. The highest BCUT2D eigenvalue weighted by Gasteiger charge is 2.29. The SMILES string of the molecule is CCCN1C(=O)/C(=C\c2ccc(CC)cc2)Oc2cc(N)ccc21. The van der Waals surface area contributed by atoms with Crippen LogP contribution in [0.15, 0.2) is 48.2 Å². The molecule has 124 valence electrons. The number of nitrogens with zero attached hydrogens (tertiary/aromatic N) is 1. The summed E-state index contributed by atoms with van der Waals surface area (Å²) in [5.74, 6) is 0.832. The van der Waals surface area contributed by atoms with Crippen molar-refractivity contribution in [2.45, 2.75) is 26.7 Å². The van der Waals surface area contributed by atoms with Gasteiger partial charge in [-0.05, 0) is 42.2 Å². The van der Waals surface area contributed by atoms with E-state index < -0.39 is 0 Å². The number of hydrogen-bond donors (Lipinski definition) is 1. The highest BCUT2D eigenvalue weighted by Crippen LogP contribution is 2.37. The molecule has 0 atom stereocenters. The quantitative estimate of drug-likeness (QED) is 0.683. The second-order valence-corrected chi connectivity index (χ2v) is 5.89. The van der Waals surface area contributed by atoms with Gasteiger partial charge >= 0.3 is 0 Å². The standard InChI is InChI=1S/C20H22N2O2/c1-3-11-22-17-10-9-16(21)13-18(17)24-19(20(22)23)12-15-7-5-14(4-2)6-8-15/h5-10,12-13H,3-4,11,21H2,1-2H3/b19-12+. The van der Waals surface area contributed by atoms with Crippen molar-refractivity contribution in [3.05, 3.63) is 59.4 Å². The van der Waals surface area contributed by atoms with E-state index in [0.29, 0.717) is 23.7 Å². The van der Waals surface area contributed by atoms with Crippen LogP contribution in [0, 0.1) is 0 Å². The Balaban J connectivity index is 1.99. The molecule has 0 bridgehead atoms. The van der Waals surface area contributed by atoms with Crippen LogP contribution in [0.3, 0.4) is 0 Å². The number of benzene rings is 2. The molecular weight excluding hydrogens is 300 g/mol. The van der Waals surface area contributed by atoms with Gasteiger partial charge in [0.25, 0.3) is 5.91 Å². The monoisotopic (exact) mass is 322 g/mol. The molecule has 0 saturated heterocycles. The number of aryl methyl sites for hydroxylation is 1. The molecular formula is C20H22N2O2. The predicted octanol–water partition coefficient (Wildman–Crippen LogP) is 4.01. The van der Waals surface area contributed by atoms with Crippen molar-refractivity contribution in [1.29, 1.82) is 0 Å². The van der Waals surface area contributed by atoms with Crippen molar-refractivity contribution in [1.82, 2.24) is 0 Å². The van der Waals surface area contributed by atoms with Crippen LogP contribution in [-0.2, 0) is 11.2 Å². The Hall–Kier alpha value is -2.75. The van der Waals surface area contributed by atoms with Gasteiger partial charge in [0, 0.05) is 18.3 Å². The molecule has 2 aromatic rings. The molecule has 24 heavy (non-hydrogen) atoms. The van der Waals surface area contributed by atoms with Crippen molar-refractivity contribution in [2.75, 3.05) is 17.2 Å². The van der Waals surface area contributed by atoms with Gasteiger partial charge in [0.2, 0.25) is 0 Å². The average Bonchev–Trinajstić information content (AvgIpc) is 2.59. The van der Waals surface area contributed by atoms with Crippen LogP contribution in [0.25, 0.3) is 6.08 Å². The molecule has 0 saturated carbocycles. The lowest BCUT2D eigenvalue weighted by molar-refractivity contribution is -0.117. The van der Waals surface area contributed by atoms with E-state index >= 15 is 0 Å². The normalized spacial score (nSPS) is 15.3. The van der Waals surface area contributed by atoms with Crippen molar-refractivity contribution < 1.29 is 9.53 Å². The van der Waals surface area contributed by atoms with Crippen LogP contribution in [0.1, 0.15) is 31.4 Å². The van der Waals surface area contributed by atoms with E-state index in [2.05, 4.69) is 19.1 Å². The summed E-state index contributed by atoms with van der Waals surface area (Å²) in [5.41, 5.74) is 9.46. The minimum atomic E-state index is -0.117. The third-order valence-electron chi connectivity index (χ3n) is 4.08. The second-order valence-electron chi connectivity index (χ2n) is 5.89. The van der Waals surface area contributed by atoms with E-state index in [1.807, 2.05) is 25.1 Å². The first-order valence-corrected chi connectivity index (χ1v) is 8.32. The smallest absolute Gasteiger partial charge is 0.294 e. The lowest BCUT2D eigenvalue weighted by Crippen LogP contribution is -2.37. The number of nitrogens with two attached hydrogens (primary N) is 1. The molecule has 0 aromatic heterocycles. The molecule has 1 aliphatic heterocycles. The number of ether oxygens (including phenoxy) is 1. The number of amides is 1. The number of carbonyl (C=O) groups is 1. The third kappa shape index (κ3) is 3.13. The molecule has 4 nitrogen and oxygen atoms in total. The Labute approximate surface area is 142 Å². The summed E-state index contributed by atoms with van der Waals surface area (Å²) in [6.07, 6.45) is 3.65. The van der Waals surface area contributed by atoms with E-state index in [1.54, 1.807) is 23.1 Å². The molecule has 2 aromatic carbocycles. The lowest BCUT2D eigenvalue weighted by atomic mass is 10.1. The molecule has 2 N–H and O–H groups in total. The Bertz CT molecular complexity index is 779. The number of rotatable bonds is 4. The third-order valence-corrected chi connectivity index (χ3v) is 4.08. The summed E-state index contributed by atoms with van der Waals surface area (Å²) < 4.78 is 5.85. The summed E-state index contributed by atoms with van der Waals surface area (Å²) >= 11 is 0. The maximum Gasteiger partial charge on any atom is 0.294 e. The number of anilines is 2. The van der Waals surface area contributed by atoms with Crippen LogP contribution in [-0.4, -0.2) is 12.5 Å². The van der Waals surface area contributed by atoms with Crippen molar-refractivity contribution >= 4 is 23.4 Å². The number of nitrogen functional groups attached to an aromatic ring is 1. The molecule has 0 aliphatic carbocycles. The lowest BCUT2D eigenvalue weighted by Gasteiger charge is -2.30. The van der Waals surface area contributed by atoms with Gasteiger partial charge in [0.15, 0.2) is 11.5 Å². The van der Waals surface area contributed by atoms with Gasteiger partial charge < -0.3 is 15.4 Å². The number of fused-ring (bicyclic) bond motifs is 1. The van der Waals surface area contributed by atoms with E-state index in [-0.39, 0.29) is 5.91 Å². The Morgan fingerprint density at radius 2 is 1.88 bits per heavy atom. The summed E-state index contributed by atoms with van der Waals surface area (Å²) in [6.45, 7) is 4.81. The van der Waals surface area contributed by atoms with Crippen LogP contribution in [0.2, 0.25) is 0 Å². The zero-order valence-corrected chi connectivity index (χ0v) is 14.1. The van der Waals surface area contributed by atoms with E-state index in [9.17, 15) is 4.79 Å². The fourth-order valence-electron chi connectivity index (χ4n) is 2.78. The topological polar surface area (TPSA) is 55.6 Å². The van der Waals surface area contributed by atoms with E-state index in [0.717, 1.165) is 24.1 Å². The zero-order chi connectivity index (χ0) is 17.1. The first kappa shape index (κ1) is 16.1. The fraction of sp³-hybridized carbons (Fsp3) is 0.250.